The smallest absolute Gasteiger partial charge is 0.0466 e. The minimum absolute atomic E-state index is 0.897. The molecule has 0 aromatic rings. The maximum absolute atomic E-state index is 5.62. The molecule has 0 heterocycles. The van der Waals surface area contributed by atoms with Crippen LogP contribution in [0.3, 0.4) is 0 Å². The van der Waals surface area contributed by atoms with Gasteiger partial charge >= 0.3 is 0 Å². The molecule has 0 amide bonds. The Morgan fingerprint density at radius 1 is 1.05 bits per heavy atom. The number of nitrogens with one attached hydrogen (secondary N) is 1. The highest BCUT2D eigenvalue weighted by molar-refractivity contribution is 4.92. The van der Waals surface area contributed by atoms with Crippen LogP contribution >= 0.6 is 0 Å². The first-order valence-corrected chi connectivity index (χ1v) is 7.91. The van der Waals surface area contributed by atoms with Crippen molar-refractivity contribution in [3.63, 3.8) is 0 Å². The predicted molar refractivity (Wildman–Crippen MR) is 85.4 cm³/mol. The fraction of sp³-hybridized carbons (Fsp3) is 0.765. The van der Waals surface area contributed by atoms with Crippen molar-refractivity contribution in [3.8, 4) is 0 Å². The average molecular weight is 267 g/mol. The standard InChI is InChI=1S/C17H33NO/c1-4-6-8-9-11-15-19-16-12-10-14-18-17(3)13-7-5-2/h5,18H,2-4,6-16H2,1H3. The van der Waals surface area contributed by atoms with E-state index in [4.69, 9.17) is 4.74 Å². The Hall–Kier alpha value is -0.760. The van der Waals surface area contributed by atoms with E-state index in [-0.39, 0.29) is 0 Å². The molecule has 19 heavy (non-hydrogen) atoms. The van der Waals surface area contributed by atoms with E-state index in [1.165, 1.54) is 32.1 Å². The summed E-state index contributed by atoms with van der Waals surface area (Å²) in [7, 11) is 0. The highest BCUT2D eigenvalue weighted by atomic mass is 16.5. The second kappa shape index (κ2) is 15.3. The van der Waals surface area contributed by atoms with E-state index < -0.39 is 0 Å². The number of ether oxygens (including phenoxy) is 1. The highest BCUT2D eigenvalue weighted by Crippen LogP contribution is 2.03. The van der Waals surface area contributed by atoms with Gasteiger partial charge in [-0.15, -0.1) is 6.58 Å². The van der Waals surface area contributed by atoms with E-state index in [1.54, 1.807) is 0 Å². The van der Waals surface area contributed by atoms with Crippen molar-refractivity contribution in [1.29, 1.82) is 0 Å². The normalized spacial score (nSPS) is 10.4. The van der Waals surface area contributed by atoms with Gasteiger partial charge < -0.3 is 10.1 Å². The Kier molecular flexibility index (Phi) is 14.7. The molecule has 0 aromatic heterocycles. The summed E-state index contributed by atoms with van der Waals surface area (Å²) in [5.74, 6) is 0. The summed E-state index contributed by atoms with van der Waals surface area (Å²) in [5.41, 5.74) is 1.12. The zero-order valence-electron chi connectivity index (χ0n) is 12.9. The van der Waals surface area contributed by atoms with Crippen molar-refractivity contribution < 1.29 is 4.74 Å². The third-order valence-electron chi connectivity index (χ3n) is 3.13. The molecule has 2 nitrogen and oxygen atoms in total. The van der Waals surface area contributed by atoms with Crippen LogP contribution in [0.1, 0.15) is 64.7 Å². The van der Waals surface area contributed by atoms with Crippen LogP contribution in [0.2, 0.25) is 0 Å². The molecule has 0 radical (unpaired) electrons. The molecule has 0 fully saturated rings. The summed E-state index contributed by atoms with van der Waals surface area (Å²) in [6.45, 7) is 12.8. The van der Waals surface area contributed by atoms with E-state index >= 15 is 0 Å². The van der Waals surface area contributed by atoms with Gasteiger partial charge in [-0.05, 0) is 32.1 Å². The Morgan fingerprint density at radius 3 is 2.42 bits per heavy atom. The molecular weight excluding hydrogens is 234 g/mol. The summed E-state index contributed by atoms with van der Waals surface area (Å²) in [6.07, 6.45) is 12.8. The van der Waals surface area contributed by atoms with E-state index in [2.05, 4.69) is 25.4 Å². The lowest BCUT2D eigenvalue weighted by Gasteiger charge is -2.08. The lowest BCUT2D eigenvalue weighted by Crippen LogP contribution is -2.14. The predicted octanol–water partition coefficient (Wildman–Crippen LogP) is 4.82. The summed E-state index contributed by atoms with van der Waals surface area (Å²) >= 11 is 0. The highest BCUT2D eigenvalue weighted by Gasteiger charge is 1.94. The Bertz CT molecular complexity index is 213. The van der Waals surface area contributed by atoms with Crippen molar-refractivity contribution >= 4 is 0 Å². The zero-order valence-corrected chi connectivity index (χ0v) is 12.9. The Labute approximate surface area is 120 Å². The van der Waals surface area contributed by atoms with Gasteiger partial charge in [0.05, 0.1) is 0 Å². The Morgan fingerprint density at radius 2 is 1.74 bits per heavy atom. The minimum Gasteiger partial charge on any atom is -0.389 e. The summed E-state index contributed by atoms with van der Waals surface area (Å²) in [5, 5.41) is 3.34. The molecule has 0 rings (SSSR count). The molecule has 0 aliphatic heterocycles. The first-order chi connectivity index (χ1) is 9.31. The van der Waals surface area contributed by atoms with Gasteiger partial charge in [-0.1, -0.05) is 45.3 Å². The first kappa shape index (κ1) is 18.2. The van der Waals surface area contributed by atoms with Crippen LogP contribution in [-0.2, 0) is 4.74 Å². The second-order valence-corrected chi connectivity index (χ2v) is 5.09. The average Bonchev–Trinajstić information content (AvgIpc) is 2.42. The third kappa shape index (κ3) is 15.2. The number of rotatable bonds is 15. The quantitative estimate of drug-likeness (QED) is 0.339. The second-order valence-electron chi connectivity index (χ2n) is 5.09. The fourth-order valence-corrected chi connectivity index (χ4v) is 1.87. The topological polar surface area (TPSA) is 21.3 Å². The molecule has 0 saturated carbocycles. The molecule has 1 N–H and O–H groups in total. The number of unbranched alkanes of at least 4 members (excludes halogenated alkanes) is 5. The van der Waals surface area contributed by atoms with Crippen molar-refractivity contribution in [3.05, 3.63) is 24.9 Å². The van der Waals surface area contributed by atoms with Crippen molar-refractivity contribution in [2.45, 2.75) is 64.7 Å². The van der Waals surface area contributed by atoms with Gasteiger partial charge in [-0.3, -0.25) is 0 Å². The minimum atomic E-state index is 0.897. The maximum Gasteiger partial charge on any atom is 0.0466 e. The van der Waals surface area contributed by atoms with Gasteiger partial charge in [0.2, 0.25) is 0 Å². The summed E-state index contributed by atoms with van der Waals surface area (Å²) in [6, 6.07) is 0. The molecule has 0 aliphatic carbocycles. The summed E-state index contributed by atoms with van der Waals surface area (Å²) < 4.78 is 5.62. The van der Waals surface area contributed by atoms with Gasteiger partial charge in [-0.2, -0.15) is 0 Å². The monoisotopic (exact) mass is 267 g/mol. The molecular formula is C17H33NO. The van der Waals surface area contributed by atoms with Gasteiger partial charge in [-0.25, -0.2) is 0 Å². The Balaban J connectivity index is 3.06. The lowest BCUT2D eigenvalue weighted by molar-refractivity contribution is 0.126. The van der Waals surface area contributed by atoms with E-state index in [0.29, 0.717) is 0 Å². The van der Waals surface area contributed by atoms with Gasteiger partial charge in [0, 0.05) is 25.5 Å². The third-order valence-corrected chi connectivity index (χ3v) is 3.13. The molecule has 0 aromatic carbocycles. The number of hydrogen-bond acceptors (Lipinski definition) is 2. The van der Waals surface area contributed by atoms with Gasteiger partial charge in [0.1, 0.15) is 0 Å². The number of hydrogen-bond donors (Lipinski definition) is 1. The lowest BCUT2D eigenvalue weighted by atomic mass is 10.2. The largest absolute Gasteiger partial charge is 0.389 e. The summed E-state index contributed by atoms with van der Waals surface area (Å²) in [4.78, 5) is 0. The zero-order chi connectivity index (χ0) is 14.2. The molecule has 112 valence electrons. The molecule has 0 bridgehead atoms. The molecule has 2 heteroatoms. The number of allylic oxidation sites excluding steroid dienone is 2. The van der Waals surface area contributed by atoms with Crippen LogP contribution in [0.25, 0.3) is 0 Å². The SMILES string of the molecule is C=CCCC(=C)NCCCCOCCCCCCC. The van der Waals surface area contributed by atoms with Crippen molar-refractivity contribution in [2.24, 2.45) is 0 Å². The van der Waals surface area contributed by atoms with Crippen LogP contribution in [0.4, 0.5) is 0 Å². The van der Waals surface area contributed by atoms with Crippen molar-refractivity contribution in [2.75, 3.05) is 19.8 Å². The van der Waals surface area contributed by atoms with Gasteiger partial charge in [0.15, 0.2) is 0 Å². The molecule has 0 atom stereocenters. The molecule has 0 unspecified atom stereocenters. The van der Waals surface area contributed by atoms with E-state index in [0.717, 1.165) is 51.1 Å². The van der Waals surface area contributed by atoms with Crippen LogP contribution < -0.4 is 5.32 Å². The van der Waals surface area contributed by atoms with Crippen LogP contribution in [0.15, 0.2) is 24.9 Å². The van der Waals surface area contributed by atoms with Crippen LogP contribution in [-0.4, -0.2) is 19.8 Å². The van der Waals surface area contributed by atoms with Crippen LogP contribution in [0.5, 0.6) is 0 Å². The first-order valence-electron chi connectivity index (χ1n) is 7.91. The fourth-order valence-electron chi connectivity index (χ4n) is 1.87. The molecule has 0 spiro atoms. The molecule has 0 saturated heterocycles. The maximum atomic E-state index is 5.62. The molecule has 0 aliphatic rings. The van der Waals surface area contributed by atoms with Crippen molar-refractivity contribution in [1.82, 2.24) is 5.32 Å². The van der Waals surface area contributed by atoms with E-state index in [1.807, 2.05) is 6.08 Å². The van der Waals surface area contributed by atoms with Crippen LogP contribution in [0, 0.1) is 0 Å². The van der Waals surface area contributed by atoms with E-state index in [9.17, 15) is 0 Å². The van der Waals surface area contributed by atoms with Gasteiger partial charge in [0.25, 0.3) is 0 Å².